The maximum Gasteiger partial charge on any atom is 0.178 e. The molecule has 0 saturated heterocycles. The van der Waals surface area contributed by atoms with Gasteiger partial charge in [-0.25, -0.2) is 0 Å². The average molecular weight is 982 g/mol. The van der Waals surface area contributed by atoms with E-state index in [4.69, 9.17) is 14.2 Å². The third-order valence-corrected chi connectivity index (χ3v) is 11.8. The van der Waals surface area contributed by atoms with E-state index in [1.807, 2.05) is 60.7 Å². The predicted molar refractivity (Wildman–Crippen MR) is 246 cm³/mol. The molecule has 0 atom stereocenters. The first-order valence-corrected chi connectivity index (χ1v) is 23.0. The van der Waals surface area contributed by atoms with Gasteiger partial charge in [0.15, 0.2) is 23.0 Å². The van der Waals surface area contributed by atoms with E-state index >= 15 is 0 Å². The van der Waals surface area contributed by atoms with Crippen LogP contribution in [0.2, 0.25) is 0 Å². The van der Waals surface area contributed by atoms with Crippen molar-refractivity contribution in [1.29, 1.82) is 0 Å². The molecule has 8 aromatic rings. The quantitative estimate of drug-likeness (QED) is 0.0803. The second kappa shape index (κ2) is 17.5. The van der Waals surface area contributed by atoms with Crippen LogP contribution in [0.3, 0.4) is 0 Å². The van der Waals surface area contributed by atoms with E-state index in [2.05, 4.69) is 137 Å². The number of para-hydroxylation sites is 2. The lowest BCUT2D eigenvalue weighted by Crippen LogP contribution is -2.03. The normalized spacial score (nSPS) is 11.5. The highest BCUT2D eigenvalue weighted by Crippen LogP contribution is 2.52. The number of alkyl halides is 4. The Morgan fingerprint density at radius 3 is 1.00 bits per heavy atom. The smallest absolute Gasteiger partial charge is 0.178 e. The van der Waals surface area contributed by atoms with Crippen LogP contribution in [0.1, 0.15) is 22.3 Å². The van der Waals surface area contributed by atoms with Gasteiger partial charge in [-0.1, -0.05) is 161 Å². The van der Waals surface area contributed by atoms with E-state index in [0.29, 0.717) is 23.0 Å². The molecule has 0 spiro atoms. The first-order chi connectivity index (χ1) is 27.1. The van der Waals surface area contributed by atoms with E-state index < -0.39 is 0 Å². The highest BCUT2D eigenvalue weighted by Gasteiger charge is 2.26. The Balaban J connectivity index is 1.52. The van der Waals surface area contributed by atoms with Gasteiger partial charge in [0, 0.05) is 32.1 Å². The third-order valence-electron chi connectivity index (χ3n) is 10.2. The van der Waals surface area contributed by atoms with Crippen molar-refractivity contribution in [2.45, 2.75) is 25.7 Å². The number of benzene rings is 8. The number of fused-ring (bicyclic) bond motifs is 4. The van der Waals surface area contributed by atoms with Gasteiger partial charge in [-0.05, 0) is 117 Å². The van der Waals surface area contributed by atoms with Crippen molar-refractivity contribution in [2.24, 2.45) is 0 Å². The summed E-state index contributed by atoms with van der Waals surface area (Å²) in [6.45, 7) is 0. The standard InChI is InChI=1S/C48H38Br4O3/c49-27-23-37-33-15-7-9-17-35(33)41(25-29-51)45-39(37)19-21-43(53-31-11-3-1-4-12-31)47(45)55-48-44(54-32-13-5-2-6-14-32)22-20-40-38(24-28-50)34-16-8-10-18-36(34)42(26-30-52)46(40)48/h1-22H,23-30H2. The van der Waals surface area contributed by atoms with Gasteiger partial charge in [0.2, 0.25) is 0 Å². The van der Waals surface area contributed by atoms with Gasteiger partial charge < -0.3 is 14.2 Å². The fourth-order valence-electron chi connectivity index (χ4n) is 7.94. The monoisotopic (exact) mass is 978 g/mol. The fourth-order valence-corrected chi connectivity index (χ4v) is 9.53. The lowest BCUT2D eigenvalue weighted by atomic mass is 9.88. The summed E-state index contributed by atoms with van der Waals surface area (Å²) in [4.78, 5) is 0. The molecule has 0 aliphatic carbocycles. The third kappa shape index (κ3) is 7.53. The summed E-state index contributed by atoms with van der Waals surface area (Å²) in [5.74, 6) is 4.09. The maximum atomic E-state index is 7.65. The van der Waals surface area contributed by atoms with Crippen molar-refractivity contribution in [3.63, 3.8) is 0 Å². The molecule has 0 heterocycles. The number of hydrogen-bond donors (Lipinski definition) is 0. The predicted octanol–water partition coefficient (Wildman–Crippen LogP) is 15.4. The van der Waals surface area contributed by atoms with E-state index in [0.717, 1.165) is 80.0 Å². The minimum atomic E-state index is 0.640. The van der Waals surface area contributed by atoms with Gasteiger partial charge in [-0.3, -0.25) is 0 Å². The van der Waals surface area contributed by atoms with Crippen molar-refractivity contribution in [3.05, 3.63) is 156 Å². The van der Waals surface area contributed by atoms with Gasteiger partial charge in [0.1, 0.15) is 11.5 Å². The van der Waals surface area contributed by atoms with Crippen LogP contribution in [-0.4, -0.2) is 21.3 Å². The summed E-state index contributed by atoms with van der Waals surface area (Å²) in [5.41, 5.74) is 4.99. The molecule has 55 heavy (non-hydrogen) atoms. The molecule has 0 amide bonds. The SMILES string of the molecule is BrCCc1c2ccccc2c(CCBr)c2c(Oc3c(Oc4ccccc4)ccc4c(CCBr)c5ccccc5c(CCBr)c34)c(Oc3ccccc3)ccc12. The molecule has 0 aliphatic heterocycles. The van der Waals surface area contributed by atoms with Crippen LogP contribution in [0, 0.1) is 0 Å². The largest absolute Gasteiger partial charge is 0.453 e. The molecule has 0 N–H and O–H groups in total. The van der Waals surface area contributed by atoms with E-state index in [9.17, 15) is 0 Å². The van der Waals surface area contributed by atoms with Crippen molar-refractivity contribution >= 4 is 107 Å². The summed E-state index contributed by atoms with van der Waals surface area (Å²) < 4.78 is 21.3. The molecule has 0 unspecified atom stereocenters. The van der Waals surface area contributed by atoms with Crippen LogP contribution in [0.15, 0.2) is 133 Å². The molecule has 0 radical (unpaired) electrons. The van der Waals surface area contributed by atoms with Gasteiger partial charge in [0.05, 0.1) is 0 Å². The van der Waals surface area contributed by atoms with Gasteiger partial charge in [-0.15, -0.1) is 0 Å². The minimum Gasteiger partial charge on any atom is -0.453 e. The number of ether oxygens (including phenoxy) is 3. The number of hydrogen-bond acceptors (Lipinski definition) is 3. The minimum absolute atomic E-state index is 0.640. The molecule has 0 bridgehead atoms. The van der Waals surface area contributed by atoms with Crippen LogP contribution >= 0.6 is 63.7 Å². The Bertz CT molecular complexity index is 2440. The average Bonchev–Trinajstić information content (AvgIpc) is 3.22. The highest BCUT2D eigenvalue weighted by atomic mass is 79.9. The summed E-state index contributed by atoms with van der Waals surface area (Å²) in [6, 6.07) is 46.0. The van der Waals surface area contributed by atoms with E-state index in [1.54, 1.807) is 0 Å². The van der Waals surface area contributed by atoms with Crippen LogP contribution < -0.4 is 14.2 Å². The first-order valence-electron chi connectivity index (χ1n) is 18.5. The van der Waals surface area contributed by atoms with Crippen molar-refractivity contribution in [3.8, 4) is 34.5 Å². The Morgan fingerprint density at radius 1 is 0.309 bits per heavy atom. The van der Waals surface area contributed by atoms with Crippen molar-refractivity contribution < 1.29 is 14.2 Å². The molecule has 8 rings (SSSR count). The second-order valence-electron chi connectivity index (χ2n) is 13.3. The van der Waals surface area contributed by atoms with E-state index in [1.165, 1.54) is 43.8 Å². The fraction of sp³-hybridized carbons (Fsp3) is 0.167. The molecule has 0 saturated carbocycles. The topological polar surface area (TPSA) is 27.7 Å². The molecule has 0 fully saturated rings. The van der Waals surface area contributed by atoms with Gasteiger partial charge in [-0.2, -0.15) is 0 Å². The molecule has 8 aromatic carbocycles. The number of halogens is 4. The first kappa shape index (κ1) is 38.0. The Hall–Kier alpha value is -3.88. The van der Waals surface area contributed by atoms with Gasteiger partial charge >= 0.3 is 0 Å². The molecular weight excluding hydrogens is 944 g/mol. The van der Waals surface area contributed by atoms with Crippen LogP contribution in [0.4, 0.5) is 0 Å². The second-order valence-corrected chi connectivity index (χ2v) is 16.5. The molecule has 3 nitrogen and oxygen atoms in total. The van der Waals surface area contributed by atoms with Gasteiger partial charge in [0.25, 0.3) is 0 Å². The summed E-state index contributed by atoms with van der Waals surface area (Å²) in [7, 11) is 0. The van der Waals surface area contributed by atoms with Crippen molar-refractivity contribution in [1.82, 2.24) is 0 Å². The highest BCUT2D eigenvalue weighted by molar-refractivity contribution is 9.09. The zero-order chi connectivity index (χ0) is 37.7. The van der Waals surface area contributed by atoms with Crippen LogP contribution in [0.25, 0.3) is 43.1 Å². The lowest BCUT2D eigenvalue weighted by molar-refractivity contribution is 0.400. The molecule has 0 aromatic heterocycles. The summed E-state index contributed by atoms with van der Waals surface area (Å²) in [5, 5.41) is 12.6. The summed E-state index contributed by atoms with van der Waals surface area (Å²) >= 11 is 15.2. The van der Waals surface area contributed by atoms with Crippen molar-refractivity contribution in [2.75, 3.05) is 21.3 Å². The number of rotatable bonds is 14. The zero-order valence-corrected chi connectivity index (χ0v) is 36.4. The van der Waals surface area contributed by atoms with Crippen LogP contribution in [0.5, 0.6) is 34.5 Å². The molecule has 0 aliphatic rings. The summed E-state index contributed by atoms with van der Waals surface area (Å²) in [6.07, 6.45) is 3.32. The lowest BCUT2D eigenvalue weighted by Gasteiger charge is -2.24. The Kier molecular flexibility index (Phi) is 12.1. The zero-order valence-electron chi connectivity index (χ0n) is 30.1. The molecular formula is C48H38Br4O3. The maximum absolute atomic E-state index is 7.65. The molecule has 7 heteroatoms. The number of aryl methyl sites for hydroxylation is 4. The van der Waals surface area contributed by atoms with Crippen LogP contribution in [-0.2, 0) is 25.7 Å². The molecule has 276 valence electrons. The Labute approximate surface area is 355 Å². The van der Waals surface area contributed by atoms with E-state index in [-0.39, 0.29) is 0 Å². The Morgan fingerprint density at radius 2 is 0.636 bits per heavy atom.